The van der Waals surface area contributed by atoms with E-state index in [9.17, 15) is 23.7 Å². The highest BCUT2D eigenvalue weighted by atomic mass is 19.1. The van der Waals surface area contributed by atoms with E-state index in [1.807, 2.05) is 0 Å². The fourth-order valence-corrected chi connectivity index (χ4v) is 4.97. The first-order chi connectivity index (χ1) is 17.7. The summed E-state index contributed by atoms with van der Waals surface area (Å²) < 4.78 is 28.5. The van der Waals surface area contributed by atoms with Crippen molar-refractivity contribution >= 4 is 28.2 Å². The minimum absolute atomic E-state index is 0.148. The molecule has 1 fully saturated rings. The molecule has 0 amide bonds. The molecule has 0 aliphatic carbocycles. The van der Waals surface area contributed by atoms with E-state index in [4.69, 9.17) is 5.73 Å². The topological polar surface area (TPSA) is 111 Å². The van der Waals surface area contributed by atoms with E-state index in [1.54, 1.807) is 41.3 Å². The highest BCUT2D eigenvalue weighted by Crippen LogP contribution is 2.35. The van der Waals surface area contributed by atoms with Gasteiger partial charge in [0.1, 0.15) is 23.0 Å². The monoisotopic (exact) mass is 506 g/mol. The molecule has 4 aromatic rings. The number of nitrogens with zero attached hydrogens (tertiary/aromatic N) is 5. The Morgan fingerprint density at radius 2 is 1.46 bits per heavy atom. The van der Waals surface area contributed by atoms with E-state index in [-0.39, 0.29) is 34.7 Å². The number of anilines is 2. The third-order valence-corrected chi connectivity index (χ3v) is 6.76. The van der Waals surface area contributed by atoms with E-state index in [2.05, 4.69) is 9.88 Å². The van der Waals surface area contributed by atoms with E-state index >= 15 is 0 Å². The van der Waals surface area contributed by atoms with Crippen molar-refractivity contribution in [2.45, 2.75) is 6.04 Å². The van der Waals surface area contributed by atoms with Crippen molar-refractivity contribution in [2.24, 2.45) is 7.05 Å². The van der Waals surface area contributed by atoms with Crippen molar-refractivity contribution in [3.63, 3.8) is 0 Å². The first kappa shape index (κ1) is 24.3. The van der Waals surface area contributed by atoms with Crippen LogP contribution in [0, 0.1) is 21.7 Å². The number of pyridine rings is 2. The van der Waals surface area contributed by atoms with Gasteiger partial charge in [-0.2, -0.15) is 0 Å². The first-order valence-electron chi connectivity index (χ1n) is 11.7. The Kier molecular flexibility index (Phi) is 6.30. The maximum absolute atomic E-state index is 13.6. The van der Waals surface area contributed by atoms with Gasteiger partial charge in [-0.25, -0.2) is 13.8 Å². The van der Waals surface area contributed by atoms with Crippen LogP contribution in [0.1, 0.15) is 17.2 Å². The van der Waals surface area contributed by atoms with Crippen LogP contribution in [0.15, 0.2) is 65.5 Å². The number of nitrogens with two attached hydrogens (primary N) is 1. The summed E-state index contributed by atoms with van der Waals surface area (Å²) in [5.41, 5.74) is 7.18. The van der Waals surface area contributed by atoms with Crippen LogP contribution >= 0.6 is 0 Å². The molecule has 1 aliphatic rings. The largest absolute Gasteiger partial charge is 0.384 e. The van der Waals surface area contributed by atoms with Crippen molar-refractivity contribution in [3.8, 4) is 0 Å². The number of aryl methyl sites for hydroxylation is 1. The van der Waals surface area contributed by atoms with Crippen LogP contribution in [-0.4, -0.2) is 45.6 Å². The summed E-state index contributed by atoms with van der Waals surface area (Å²) in [6.07, 6.45) is 0. The molecule has 37 heavy (non-hydrogen) atoms. The first-order valence-corrected chi connectivity index (χ1v) is 11.7. The predicted octanol–water partition coefficient (Wildman–Crippen LogP) is 3.61. The summed E-state index contributed by atoms with van der Waals surface area (Å²) >= 11 is 0. The molecule has 9 nitrogen and oxygen atoms in total. The molecule has 1 saturated heterocycles. The van der Waals surface area contributed by atoms with Crippen LogP contribution in [-0.2, 0) is 7.05 Å². The SMILES string of the molecule is Cn1c(=O)c([N+](=O)[O-])c(N2CCN(C(c3ccc(F)cc3)c3ccc(F)cc3)CC2)c2nc(N)ccc21. The number of rotatable bonds is 5. The van der Waals surface area contributed by atoms with Gasteiger partial charge >= 0.3 is 11.2 Å². The smallest absolute Gasteiger partial charge is 0.359 e. The molecular formula is C26H24F2N6O3. The van der Waals surface area contributed by atoms with Gasteiger partial charge in [0.05, 0.1) is 16.5 Å². The summed E-state index contributed by atoms with van der Waals surface area (Å²) in [4.78, 5) is 32.5. The second-order valence-electron chi connectivity index (χ2n) is 8.95. The minimum atomic E-state index is -0.725. The molecule has 2 N–H and O–H groups in total. The van der Waals surface area contributed by atoms with Gasteiger partial charge in [-0.05, 0) is 47.5 Å². The Morgan fingerprint density at radius 1 is 0.919 bits per heavy atom. The zero-order valence-corrected chi connectivity index (χ0v) is 20.0. The molecule has 0 bridgehead atoms. The molecule has 0 radical (unpaired) electrons. The molecule has 0 saturated carbocycles. The molecular weight excluding hydrogens is 482 g/mol. The molecule has 11 heteroatoms. The van der Waals surface area contributed by atoms with Crippen LogP contribution in [0.2, 0.25) is 0 Å². The van der Waals surface area contributed by atoms with Crippen LogP contribution in [0.5, 0.6) is 0 Å². The average molecular weight is 507 g/mol. The lowest BCUT2D eigenvalue weighted by Crippen LogP contribution is -2.48. The molecule has 0 unspecified atom stereocenters. The van der Waals surface area contributed by atoms with Crippen LogP contribution in [0.25, 0.3) is 11.0 Å². The zero-order chi connectivity index (χ0) is 26.3. The van der Waals surface area contributed by atoms with E-state index in [0.29, 0.717) is 31.7 Å². The molecule has 2 aromatic carbocycles. The van der Waals surface area contributed by atoms with Gasteiger partial charge in [0.15, 0.2) is 5.69 Å². The summed E-state index contributed by atoms with van der Waals surface area (Å²) in [7, 11) is 1.47. The van der Waals surface area contributed by atoms with Crippen LogP contribution in [0.4, 0.5) is 26.0 Å². The van der Waals surface area contributed by atoms with Gasteiger partial charge in [0.25, 0.3) is 0 Å². The van der Waals surface area contributed by atoms with Crippen molar-refractivity contribution in [1.82, 2.24) is 14.5 Å². The molecule has 1 aliphatic heterocycles. The molecule has 5 rings (SSSR count). The molecule has 2 aromatic heterocycles. The summed E-state index contributed by atoms with van der Waals surface area (Å²) in [5, 5.41) is 12.0. The van der Waals surface area contributed by atoms with Crippen molar-refractivity contribution in [2.75, 3.05) is 36.8 Å². The number of piperazine rings is 1. The summed E-state index contributed by atoms with van der Waals surface area (Å²) in [6.45, 7) is 1.65. The van der Waals surface area contributed by atoms with Crippen molar-refractivity contribution in [1.29, 1.82) is 0 Å². The lowest BCUT2D eigenvalue weighted by atomic mass is 9.96. The maximum atomic E-state index is 13.6. The van der Waals surface area contributed by atoms with E-state index in [0.717, 1.165) is 11.1 Å². The predicted molar refractivity (Wildman–Crippen MR) is 136 cm³/mol. The van der Waals surface area contributed by atoms with Gasteiger partial charge in [-0.1, -0.05) is 24.3 Å². The Hall–Kier alpha value is -4.38. The highest BCUT2D eigenvalue weighted by molar-refractivity contribution is 5.94. The molecule has 3 heterocycles. The van der Waals surface area contributed by atoms with Gasteiger partial charge in [-0.15, -0.1) is 0 Å². The number of benzene rings is 2. The lowest BCUT2D eigenvalue weighted by molar-refractivity contribution is -0.385. The second-order valence-corrected chi connectivity index (χ2v) is 8.95. The van der Waals surface area contributed by atoms with Gasteiger partial charge < -0.3 is 15.2 Å². The normalized spacial score (nSPS) is 14.4. The number of fused-ring (bicyclic) bond motifs is 1. The third kappa shape index (κ3) is 4.49. The Balaban J connectivity index is 1.53. The van der Waals surface area contributed by atoms with Crippen LogP contribution in [0.3, 0.4) is 0 Å². The summed E-state index contributed by atoms with van der Waals surface area (Å²) in [5.74, 6) is -0.529. The molecule has 190 valence electrons. The van der Waals surface area contributed by atoms with E-state index in [1.165, 1.54) is 35.9 Å². The molecule has 0 spiro atoms. The number of aromatic nitrogens is 2. The maximum Gasteiger partial charge on any atom is 0.359 e. The number of hydrogen-bond donors (Lipinski definition) is 1. The Morgan fingerprint density at radius 3 is 1.97 bits per heavy atom. The van der Waals surface area contributed by atoms with Gasteiger partial charge in [-0.3, -0.25) is 19.8 Å². The lowest BCUT2D eigenvalue weighted by Gasteiger charge is -2.40. The molecule has 0 atom stereocenters. The Bertz CT molecular complexity index is 1490. The van der Waals surface area contributed by atoms with Crippen molar-refractivity contribution < 1.29 is 13.7 Å². The van der Waals surface area contributed by atoms with Gasteiger partial charge in [0, 0.05) is 33.2 Å². The minimum Gasteiger partial charge on any atom is -0.384 e. The quantitative estimate of drug-likeness (QED) is 0.325. The standard InChI is InChI=1S/C26H24F2N6O3/c1-31-20-10-11-21(29)30-22(20)24(25(26(31)35)34(36)37)33-14-12-32(13-15-33)23(16-2-6-18(27)7-3-16)17-4-8-19(28)9-5-17/h2-11,23H,12-15H2,1H3,(H2,29,30). The number of hydrogen-bond acceptors (Lipinski definition) is 7. The third-order valence-electron chi connectivity index (χ3n) is 6.76. The fourth-order valence-electron chi connectivity index (χ4n) is 4.97. The average Bonchev–Trinajstić information content (AvgIpc) is 2.88. The van der Waals surface area contributed by atoms with Gasteiger partial charge in [0.2, 0.25) is 0 Å². The number of halogens is 2. The highest BCUT2D eigenvalue weighted by Gasteiger charge is 2.33. The Labute approximate surface area is 210 Å². The number of nitrogen functional groups attached to an aromatic ring is 1. The second kappa shape index (κ2) is 9.58. The summed E-state index contributed by atoms with van der Waals surface area (Å²) in [6, 6.07) is 15.2. The fraction of sp³-hybridized carbons (Fsp3) is 0.231. The van der Waals surface area contributed by atoms with Crippen LogP contribution < -0.4 is 16.2 Å². The zero-order valence-electron chi connectivity index (χ0n) is 20.0. The number of nitro groups is 1. The van der Waals surface area contributed by atoms with Crippen molar-refractivity contribution in [3.05, 3.63) is 104 Å². The van der Waals surface area contributed by atoms with E-state index < -0.39 is 16.2 Å².